The van der Waals surface area contributed by atoms with Gasteiger partial charge in [0, 0.05) is 138 Å². The van der Waals surface area contributed by atoms with Gasteiger partial charge in [0.2, 0.25) is 11.7 Å². The fraction of sp³-hybridized carbons (Fsp3) is 0.453. The number of likely N-dealkylation sites (tertiary alicyclic amines) is 5. The lowest BCUT2D eigenvalue weighted by molar-refractivity contribution is -0.137. The van der Waals surface area contributed by atoms with E-state index in [1.54, 1.807) is 91.0 Å². The molecule has 26 nitrogen and oxygen atoms in total. The van der Waals surface area contributed by atoms with Gasteiger partial charge in [-0.3, -0.25) is 9.69 Å². The first-order valence-corrected chi connectivity index (χ1v) is 44.8. The molecule has 694 valence electrons. The molecule has 5 fully saturated rings. The van der Waals surface area contributed by atoms with Gasteiger partial charge in [-0.15, -0.1) is 0 Å². The number of benzene rings is 7. The third-order valence-electron chi connectivity index (χ3n) is 23.1. The fourth-order valence-electron chi connectivity index (χ4n) is 15.8. The molecule has 8 aromatic rings. The second kappa shape index (κ2) is 51.5. The Morgan fingerprint density at radius 3 is 1.50 bits per heavy atom. The Balaban J connectivity index is 0.000000182. The van der Waals surface area contributed by atoms with E-state index in [0.717, 1.165) is 189 Å². The smallest absolute Gasteiger partial charge is 0.416 e. The summed E-state index contributed by atoms with van der Waals surface area (Å²) in [5, 5.41) is 24.3. The molecule has 5 saturated heterocycles. The lowest BCUT2D eigenvalue weighted by atomic mass is 10.0. The van der Waals surface area contributed by atoms with Gasteiger partial charge in [0.15, 0.2) is 11.5 Å². The van der Waals surface area contributed by atoms with Gasteiger partial charge in [0.25, 0.3) is 0 Å². The van der Waals surface area contributed by atoms with Crippen molar-refractivity contribution >= 4 is 99.3 Å². The van der Waals surface area contributed by atoms with Gasteiger partial charge in [-0.1, -0.05) is 104 Å². The highest BCUT2D eigenvalue weighted by atomic mass is 35.5. The first-order valence-electron chi connectivity index (χ1n) is 43.7. The van der Waals surface area contributed by atoms with Crippen LogP contribution in [0.15, 0.2) is 168 Å². The molecular formula is C95H124Cl3F4N15O11. The summed E-state index contributed by atoms with van der Waals surface area (Å²) in [5.74, 6) is 3.20. The minimum absolute atomic E-state index is 0.0372. The summed E-state index contributed by atoms with van der Waals surface area (Å²) in [6.07, 6.45) is 7.19. The summed E-state index contributed by atoms with van der Waals surface area (Å²) in [5.41, 5.74) is 5.58. The van der Waals surface area contributed by atoms with Crippen LogP contribution in [0.4, 0.5) is 70.0 Å². The first kappa shape index (κ1) is 101. The van der Waals surface area contributed by atoms with Crippen molar-refractivity contribution < 1.29 is 69.7 Å². The van der Waals surface area contributed by atoms with Crippen molar-refractivity contribution in [3.8, 4) is 23.0 Å². The third kappa shape index (κ3) is 32.8. The number of carbonyl (C=O) groups excluding carboxylic acids is 6. The Morgan fingerprint density at radius 2 is 0.992 bits per heavy atom. The standard InChI is InChI=1S/C23H31N3O4.C22H26ClN3O3.C20H26FN3O2.C15H21Cl2N3O.C15H20F3N3O/c1-16-6-5-7-19(12-16)25-23(27)24-18-8-10-26(11-9-18)15-17-13-20(28-2)22(30-4)21(14-17)29-3;1-16(27)25-13-11-18(12-14-25)26(15-17-7-9-19(29-2)10-8-17)22(28)24-21-6-4-3-5-20(21)23;1-3-23-10-8-17(9-11-23)24(14-18-5-4-12-26-18)20(25)22-16-7-6-15(2)19(21)13-16;1-2-7-20-8-5-12(6-9-20)18-15(21)19-14-4-3-11(16)10-13(14)17;1-2-21-8-6-12(7-9-21)19-14(22)20-13-5-3-4-11(10-13)15(16,17)18/h5-7,12-14,18H,8-11,15H2,1-4H3,(H2,24,25,27);3-10,18H,11-15H2,1-2H3,(H,24,28);4-7,12-13,17H,3,8-11,14H2,1-2H3,(H,22,25);3-4,10,12H,2,5-9H2,1H3,(H2,18,19,21);3-5,10,12H,2,6-9H2,1H3,(H2,19,20,22). The SMILES string of the molecule is CCCN1CCC(NC(=O)Nc2ccc(Cl)cc2Cl)CC1.CCN1CCC(N(Cc2ccco2)C(=O)Nc2ccc(C)c(F)c2)CC1.CCN1CCC(NC(=O)Nc2cccc(C(F)(F)F)c2)CC1.COc1cc(CN2CCC(NC(=O)Nc3cccc(C)c3)CC2)cc(OC)c1OC.COc1ccc(CN(C(=O)Nc2ccccc2Cl)C2CCN(C(C)=O)CC2)cc1. The molecule has 0 atom stereocenters. The van der Waals surface area contributed by atoms with Crippen LogP contribution in [0, 0.1) is 19.7 Å². The highest BCUT2D eigenvalue weighted by Crippen LogP contribution is 2.39. The zero-order valence-corrected chi connectivity index (χ0v) is 77.1. The van der Waals surface area contributed by atoms with Crippen molar-refractivity contribution in [2.45, 2.75) is 168 Å². The molecule has 128 heavy (non-hydrogen) atoms. The summed E-state index contributed by atoms with van der Waals surface area (Å²) in [6.45, 7) is 25.5. The Kier molecular flexibility index (Phi) is 40.6. The number of methoxy groups -OCH3 is 4. The number of urea groups is 5. The molecule has 33 heteroatoms. The number of hydrogen-bond donors (Lipinski definition) is 8. The van der Waals surface area contributed by atoms with E-state index >= 15 is 0 Å². The van der Waals surface area contributed by atoms with Crippen molar-refractivity contribution in [3.63, 3.8) is 0 Å². The number of anilines is 5. The second-order valence-electron chi connectivity index (χ2n) is 32.2. The molecule has 0 bridgehead atoms. The summed E-state index contributed by atoms with van der Waals surface area (Å²) < 4.78 is 78.6. The van der Waals surface area contributed by atoms with Gasteiger partial charge in [0.05, 0.1) is 68.2 Å². The molecule has 11 amide bonds. The molecule has 13 rings (SSSR count). The maximum absolute atomic E-state index is 13.8. The molecule has 0 radical (unpaired) electrons. The van der Waals surface area contributed by atoms with Crippen molar-refractivity contribution in [2.24, 2.45) is 0 Å². The molecular weight excluding hydrogens is 1710 g/mol. The third-order valence-corrected chi connectivity index (χ3v) is 23.9. The van der Waals surface area contributed by atoms with Crippen LogP contribution in [0.5, 0.6) is 23.0 Å². The summed E-state index contributed by atoms with van der Waals surface area (Å²) in [4.78, 5) is 88.8. The number of alkyl halides is 3. The topological polar surface area (TPSA) is 271 Å². The average molecular weight is 1830 g/mol. The van der Waals surface area contributed by atoms with Crippen molar-refractivity contribution in [3.05, 3.63) is 218 Å². The monoisotopic (exact) mass is 1830 g/mol. The number of nitrogens with zero attached hydrogens (tertiary/aromatic N) is 7. The predicted molar refractivity (Wildman–Crippen MR) is 499 cm³/mol. The number of halogens is 7. The molecule has 0 spiro atoms. The van der Waals surface area contributed by atoms with Crippen LogP contribution in [0.1, 0.15) is 132 Å². The van der Waals surface area contributed by atoms with Crippen LogP contribution in [0.2, 0.25) is 15.1 Å². The molecule has 0 unspecified atom stereocenters. The van der Waals surface area contributed by atoms with E-state index in [-0.39, 0.29) is 71.7 Å². The minimum Gasteiger partial charge on any atom is -0.497 e. The summed E-state index contributed by atoms with van der Waals surface area (Å²) >= 11 is 18.1. The zero-order valence-electron chi connectivity index (χ0n) is 74.8. The van der Waals surface area contributed by atoms with Crippen LogP contribution in [0.25, 0.3) is 0 Å². The normalized spacial score (nSPS) is 15.6. The van der Waals surface area contributed by atoms with Gasteiger partial charge < -0.3 is 95.3 Å². The van der Waals surface area contributed by atoms with Crippen molar-refractivity contribution in [2.75, 3.05) is 140 Å². The number of furan rings is 1. The van der Waals surface area contributed by atoms with Crippen LogP contribution in [-0.4, -0.2) is 214 Å². The van der Waals surface area contributed by atoms with E-state index in [0.29, 0.717) is 81.1 Å². The van der Waals surface area contributed by atoms with Gasteiger partial charge in [0.1, 0.15) is 17.3 Å². The molecule has 5 aliphatic heterocycles. The number of aryl methyl sites for hydroxylation is 2. The Labute approximate surface area is 764 Å². The van der Waals surface area contributed by atoms with Gasteiger partial charge in [-0.25, -0.2) is 28.4 Å². The van der Waals surface area contributed by atoms with Crippen molar-refractivity contribution in [1.82, 2.24) is 50.2 Å². The van der Waals surface area contributed by atoms with Crippen LogP contribution in [0.3, 0.4) is 0 Å². The highest BCUT2D eigenvalue weighted by molar-refractivity contribution is 6.36. The van der Waals surface area contributed by atoms with Crippen LogP contribution in [-0.2, 0) is 30.6 Å². The number of piperidine rings is 5. The number of para-hydroxylation sites is 1. The number of ether oxygens (including phenoxy) is 4. The van der Waals surface area contributed by atoms with Gasteiger partial charge >= 0.3 is 36.3 Å². The lowest BCUT2D eigenvalue weighted by Crippen LogP contribution is -2.49. The Hall–Kier alpha value is -10.7. The van der Waals surface area contributed by atoms with Crippen LogP contribution >= 0.6 is 34.8 Å². The lowest BCUT2D eigenvalue weighted by Gasteiger charge is -2.38. The van der Waals surface area contributed by atoms with E-state index in [1.165, 1.54) is 24.6 Å². The van der Waals surface area contributed by atoms with E-state index in [9.17, 15) is 46.3 Å². The van der Waals surface area contributed by atoms with Crippen LogP contribution < -0.4 is 61.5 Å². The summed E-state index contributed by atoms with van der Waals surface area (Å²) in [7, 11) is 6.48. The van der Waals surface area contributed by atoms with Gasteiger partial charge in [-0.05, 0) is 236 Å². The van der Waals surface area contributed by atoms with Gasteiger partial charge in [-0.2, -0.15) is 13.2 Å². The highest BCUT2D eigenvalue weighted by Gasteiger charge is 2.34. The number of carbonyl (C=O) groups is 6. The van der Waals surface area contributed by atoms with E-state index in [4.69, 9.17) is 58.2 Å². The number of rotatable bonds is 24. The molecule has 7 aromatic carbocycles. The number of amides is 11. The first-order chi connectivity index (χ1) is 61.5. The number of nitrogens with one attached hydrogen (secondary N) is 8. The van der Waals surface area contributed by atoms with Crippen molar-refractivity contribution in [1.29, 1.82) is 0 Å². The maximum atomic E-state index is 13.8. The largest absolute Gasteiger partial charge is 0.497 e. The maximum Gasteiger partial charge on any atom is 0.416 e. The zero-order chi connectivity index (χ0) is 92.2. The Bertz CT molecular complexity index is 4790. The fourth-order valence-corrected chi connectivity index (χ4v) is 16.4. The average Bonchev–Trinajstić information content (AvgIpc) is 0.940. The van der Waals surface area contributed by atoms with E-state index in [2.05, 4.69) is 82.9 Å². The van der Waals surface area contributed by atoms with E-state index < -0.39 is 17.8 Å². The number of hydrogen-bond acceptors (Lipinski definition) is 15. The quantitative estimate of drug-likeness (QED) is 0.0261. The van der Waals surface area contributed by atoms with E-state index in [1.807, 2.05) is 107 Å². The Morgan fingerprint density at radius 1 is 0.477 bits per heavy atom. The predicted octanol–water partition coefficient (Wildman–Crippen LogP) is 19.7. The molecule has 0 aliphatic carbocycles. The molecule has 0 saturated carbocycles. The molecule has 6 heterocycles. The summed E-state index contributed by atoms with van der Waals surface area (Å²) in [6, 6.07) is 44.1. The molecule has 8 N–H and O–H groups in total. The molecule has 1 aromatic heterocycles. The second-order valence-corrected chi connectivity index (χ2v) is 33.4. The molecule has 5 aliphatic rings. The minimum atomic E-state index is -4.42.